The van der Waals surface area contributed by atoms with Gasteiger partial charge in [0.15, 0.2) is 0 Å². The van der Waals surface area contributed by atoms with Gasteiger partial charge in [-0.05, 0) is 0 Å². The average Bonchev–Trinajstić information content (AvgIpc) is 2.69. The monoisotopic (exact) mass is 642 g/mol. The molecule has 194 valence electrons. The Morgan fingerprint density at radius 3 is 1.74 bits per heavy atom. The summed E-state index contributed by atoms with van der Waals surface area (Å²) in [4.78, 5) is 20.6. The minimum absolute atomic E-state index is 0.0500. The molecule has 34 heavy (non-hydrogen) atoms. The third-order valence-corrected chi connectivity index (χ3v) is 18.2. The molecule has 3 unspecified atom stereocenters. The third kappa shape index (κ3) is 6.28. The predicted molar refractivity (Wildman–Crippen MR) is 131 cm³/mol. The SMILES string of the molecule is CCC(=O)N[As](c1ccccc1)C(C(NC(=O)CC)(C(S)(S)S(=O)(=O)O)S(=O)(=O)O)S(=O)(=O)O. The molecule has 1 rings (SSSR count). The molecule has 5 N–H and O–H groups in total. The van der Waals surface area contributed by atoms with Gasteiger partial charge >= 0.3 is 214 Å². The van der Waals surface area contributed by atoms with Gasteiger partial charge in [-0.1, -0.05) is 0 Å². The van der Waals surface area contributed by atoms with Gasteiger partial charge in [0, 0.05) is 0 Å². The summed E-state index contributed by atoms with van der Waals surface area (Å²) in [5.74, 6) is -2.16. The molecule has 0 saturated carbocycles. The van der Waals surface area contributed by atoms with Crippen molar-refractivity contribution in [2.45, 2.75) is 39.0 Å². The fraction of sp³-hybridized carbons (Fsp3) is 0.467. The van der Waals surface area contributed by atoms with Crippen molar-refractivity contribution in [2.24, 2.45) is 0 Å². The van der Waals surface area contributed by atoms with Gasteiger partial charge in [0.25, 0.3) is 0 Å². The summed E-state index contributed by atoms with van der Waals surface area (Å²) in [6.07, 6.45) is -0.820. The first-order valence-electron chi connectivity index (χ1n) is 9.07. The quantitative estimate of drug-likeness (QED) is 0.0652. The van der Waals surface area contributed by atoms with Crippen molar-refractivity contribution >= 4 is 86.7 Å². The van der Waals surface area contributed by atoms with Crippen molar-refractivity contribution < 1.29 is 48.5 Å². The Labute approximate surface area is 213 Å². The van der Waals surface area contributed by atoms with Crippen molar-refractivity contribution in [1.82, 2.24) is 9.55 Å². The van der Waals surface area contributed by atoms with Crippen LogP contribution in [0.4, 0.5) is 0 Å². The first-order chi connectivity index (χ1) is 15.3. The summed E-state index contributed by atoms with van der Waals surface area (Å²) in [6.45, 7) is 2.54. The number of carbonyl (C=O) groups excluding carboxylic acids is 2. The summed E-state index contributed by atoms with van der Waals surface area (Å²) in [7, 11) is -17.8. The van der Waals surface area contributed by atoms with E-state index in [0.29, 0.717) is 0 Å². The van der Waals surface area contributed by atoms with Crippen molar-refractivity contribution in [3.8, 4) is 0 Å². The van der Waals surface area contributed by atoms with Gasteiger partial charge in [-0.25, -0.2) is 0 Å². The summed E-state index contributed by atoms with van der Waals surface area (Å²) >= 11 is 2.97. The number of rotatable bonds is 11. The molecule has 1 aromatic rings. The van der Waals surface area contributed by atoms with Crippen LogP contribution in [0.3, 0.4) is 0 Å². The number of amides is 2. The topological polar surface area (TPSA) is 221 Å². The van der Waals surface area contributed by atoms with Crippen LogP contribution in [0.5, 0.6) is 0 Å². The van der Waals surface area contributed by atoms with E-state index in [4.69, 9.17) is 0 Å². The molecule has 0 aliphatic rings. The van der Waals surface area contributed by atoms with E-state index in [1.165, 1.54) is 44.2 Å². The molecular formula is C15H23AsN2O11S5. The molecule has 1 aromatic carbocycles. The number of hydrogen-bond acceptors (Lipinski definition) is 10. The molecule has 13 nitrogen and oxygen atoms in total. The Bertz CT molecular complexity index is 1240. The van der Waals surface area contributed by atoms with Gasteiger partial charge in [-0.15, -0.1) is 0 Å². The number of hydrogen-bond donors (Lipinski definition) is 7. The molecule has 0 fully saturated rings. The van der Waals surface area contributed by atoms with Crippen LogP contribution < -0.4 is 13.9 Å². The van der Waals surface area contributed by atoms with E-state index in [1.54, 1.807) is 5.32 Å². The van der Waals surface area contributed by atoms with E-state index in [9.17, 15) is 48.5 Å². The molecule has 0 radical (unpaired) electrons. The summed E-state index contributed by atoms with van der Waals surface area (Å²) in [5, 5.41) is 1.59. The Hall–Kier alpha value is -0.852. The maximum atomic E-state index is 12.8. The normalized spacial score (nSPS) is 16.7. The number of nitrogens with one attached hydrogen (secondary N) is 2. The fourth-order valence-corrected chi connectivity index (χ4v) is 16.6. The molecule has 0 aliphatic heterocycles. The second kappa shape index (κ2) is 11.0. The fourth-order valence-electron chi connectivity index (χ4n) is 2.74. The van der Waals surface area contributed by atoms with Crippen LogP contribution in [-0.4, -0.2) is 77.9 Å². The molecule has 0 heterocycles. The predicted octanol–water partition coefficient (Wildman–Crippen LogP) is -1.28. The molecule has 2 amide bonds. The maximum absolute atomic E-state index is 12.8. The zero-order chi connectivity index (χ0) is 26.8. The molecule has 19 heteroatoms. The Balaban J connectivity index is 4.37. The van der Waals surface area contributed by atoms with E-state index in [0.717, 1.165) is 0 Å². The molecular weight excluding hydrogens is 619 g/mol. The second-order valence-corrected chi connectivity index (χ2v) is 18.6. The number of thiol groups is 2. The Morgan fingerprint density at radius 1 is 0.912 bits per heavy atom. The molecule has 0 aliphatic carbocycles. The van der Waals surface area contributed by atoms with Crippen molar-refractivity contribution in [2.75, 3.05) is 0 Å². The number of benzene rings is 1. The van der Waals surface area contributed by atoms with Crippen LogP contribution in [0.15, 0.2) is 30.3 Å². The minimum atomic E-state index is -6.13. The van der Waals surface area contributed by atoms with Gasteiger partial charge in [0.05, 0.1) is 0 Å². The molecule has 0 bridgehead atoms. The third-order valence-electron chi connectivity index (χ3n) is 4.36. The first-order valence-corrected chi connectivity index (χ1v) is 17.3. The average molecular weight is 643 g/mol. The van der Waals surface area contributed by atoms with Crippen LogP contribution in [0.2, 0.25) is 0 Å². The molecule has 0 aromatic heterocycles. The van der Waals surface area contributed by atoms with Gasteiger partial charge in [-0.2, -0.15) is 0 Å². The second-order valence-electron chi connectivity index (χ2n) is 6.66. The zero-order valence-electron chi connectivity index (χ0n) is 17.6. The van der Waals surface area contributed by atoms with Gasteiger partial charge in [0.2, 0.25) is 0 Å². The molecule has 3 atom stereocenters. The van der Waals surface area contributed by atoms with Crippen molar-refractivity contribution in [1.29, 1.82) is 0 Å². The summed E-state index contributed by atoms with van der Waals surface area (Å²) < 4.78 is 101. The van der Waals surface area contributed by atoms with E-state index >= 15 is 0 Å². The van der Waals surface area contributed by atoms with Gasteiger partial charge in [0.1, 0.15) is 0 Å². The van der Waals surface area contributed by atoms with Gasteiger partial charge in [-0.3, -0.25) is 0 Å². The Kier molecular flexibility index (Phi) is 10.1. The zero-order valence-corrected chi connectivity index (χ0v) is 23.7. The standard InChI is InChI=1S/C15H23AsN2O11S5/c1-3-11(19)17-14(33(24,25)26,15(30,31)34(27,28)29)13(32(21,22)23)16(18-12(20)4-2)10-8-6-5-7-9-10/h5-9,13,30-31H,3-4H2,1-2H3,(H,17,19)(H,18,20)(H,21,22,23)(H,24,25,26)(H,27,28,29). The Morgan fingerprint density at radius 2 is 1.38 bits per heavy atom. The van der Waals surface area contributed by atoms with E-state index < -0.39 is 75.8 Å². The first kappa shape index (κ1) is 31.2. The summed E-state index contributed by atoms with van der Waals surface area (Å²) in [5.41, 5.74) is 0. The van der Waals surface area contributed by atoms with Crippen LogP contribution in [0.1, 0.15) is 26.7 Å². The van der Waals surface area contributed by atoms with E-state index in [-0.39, 0.29) is 10.8 Å². The van der Waals surface area contributed by atoms with Crippen LogP contribution in [-0.2, 0) is 39.9 Å². The molecule has 0 spiro atoms. The van der Waals surface area contributed by atoms with Gasteiger partial charge < -0.3 is 0 Å². The van der Waals surface area contributed by atoms with E-state index in [1.807, 2.05) is 0 Å². The molecule has 0 saturated heterocycles. The number of carbonyl (C=O) groups is 2. The van der Waals surface area contributed by atoms with Crippen molar-refractivity contribution in [3.05, 3.63) is 30.3 Å². The van der Waals surface area contributed by atoms with Crippen LogP contribution >= 0.6 is 25.3 Å². The van der Waals surface area contributed by atoms with Crippen LogP contribution in [0, 0.1) is 0 Å². The summed E-state index contributed by atoms with van der Waals surface area (Å²) in [6, 6.07) is 6.71. The van der Waals surface area contributed by atoms with Crippen LogP contribution in [0.25, 0.3) is 0 Å². The van der Waals surface area contributed by atoms with E-state index in [2.05, 4.69) is 29.5 Å². The van der Waals surface area contributed by atoms with Crippen molar-refractivity contribution in [3.63, 3.8) is 0 Å².